The summed E-state index contributed by atoms with van der Waals surface area (Å²) in [6.45, 7) is 4.60. The van der Waals surface area contributed by atoms with Crippen LogP contribution in [-0.4, -0.2) is 35.1 Å². The molecule has 1 N–H and O–H groups in total. The zero-order chi connectivity index (χ0) is 21.2. The van der Waals surface area contributed by atoms with Crippen LogP contribution in [0.1, 0.15) is 31.4 Å². The van der Waals surface area contributed by atoms with Crippen LogP contribution in [0, 0.1) is 5.82 Å². The Labute approximate surface area is 180 Å². The van der Waals surface area contributed by atoms with E-state index in [0.717, 1.165) is 12.0 Å². The zero-order valence-electron chi connectivity index (χ0n) is 16.7. The van der Waals surface area contributed by atoms with Crippen molar-refractivity contribution in [1.29, 1.82) is 0 Å². The third-order valence-electron chi connectivity index (χ3n) is 4.45. The Morgan fingerprint density at radius 3 is 2.55 bits per heavy atom. The zero-order valence-corrected chi connectivity index (χ0v) is 18.2. The minimum absolute atomic E-state index is 0.128. The smallest absolute Gasteiger partial charge is 0.242 e. The van der Waals surface area contributed by atoms with E-state index in [-0.39, 0.29) is 29.1 Å². The molecular weight excluding hydrogens is 411 g/mol. The minimum Gasteiger partial charge on any atom is -0.354 e. The molecule has 2 aromatic rings. The summed E-state index contributed by atoms with van der Waals surface area (Å²) in [5.74, 6) is -0.329. The van der Waals surface area contributed by atoms with Gasteiger partial charge in [-0.3, -0.25) is 9.59 Å². The summed E-state index contributed by atoms with van der Waals surface area (Å²) in [6.07, 6.45) is 0.824. The van der Waals surface area contributed by atoms with Gasteiger partial charge in [0.15, 0.2) is 0 Å². The Hall–Kier alpha value is -2.05. The standard InChI is InChI=1S/C22H26ClFN2O2S/c1-3-12-25-22(28)16(2)26(13-17-8-5-4-6-9-17)21(27)15-29-14-18-19(23)10-7-11-20(18)24/h4-11,16H,3,12-15H2,1-2H3,(H,25,28)/t16-/m0/s1. The quantitative estimate of drug-likeness (QED) is 0.589. The van der Waals surface area contributed by atoms with Crippen LogP contribution in [0.4, 0.5) is 4.39 Å². The van der Waals surface area contributed by atoms with Gasteiger partial charge in [0.1, 0.15) is 11.9 Å². The fourth-order valence-electron chi connectivity index (χ4n) is 2.75. The Kier molecular flexibility index (Phi) is 9.48. The highest BCUT2D eigenvalue weighted by Crippen LogP contribution is 2.24. The number of hydrogen-bond donors (Lipinski definition) is 1. The van der Waals surface area contributed by atoms with Crippen LogP contribution < -0.4 is 5.32 Å². The van der Waals surface area contributed by atoms with E-state index in [1.807, 2.05) is 37.3 Å². The van der Waals surface area contributed by atoms with E-state index >= 15 is 0 Å². The third kappa shape index (κ3) is 7.05. The summed E-state index contributed by atoms with van der Waals surface area (Å²) >= 11 is 7.33. The molecule has 2 amide bonds. The van der Waals surface area contributed by atoms with Gasteiger partial charge in [-0.2, -0.15) is 0 Å². The van der Waals surface area contributed by atoms with Gasteiger partial charge >= 0.3 is 0 Å². The van der Waals surface area contributed by atoms with Crippen molar-refractivity contribution in [2.45, 2.75) is 38.6 Å². The van der Waals surface area contributed by atoms with Crippen LogP contribution in [0.25, 0.3) is 0 Å². The number of nitrogens with one attached hydrogen (secondary N) is 1. The molecule has 0 radical (unpaired) electrons. The van der Waals surface area contributed by atoms with Gasteiger partial charge in [-0.25, -0.2) is 4.39 Å². The highest BCUT2D eigenvalue weighted by atomic mass is 35.5. The van der Waals surface area contributed by atoms with E-state index < -0.39 is 6.04 Å². The molecule has 4 nitrogen and oxygen atoms in total. The lowest BCUT2D eigenvalue weighted by molar-refractivity contribution is -0.138. The average Bonchev–Trinajstić information content (AvgIpc) is 2.72. The summed E-state index contributed by atoms with van der Waals surface area (Å²) in [7, 11) is 0. The first kappa shape index (κ1) is 23.2. The van der Waals surface area contributed by atoms with Crippen LogP contribution in [-0.2, 0) is 21.9 Å². The van der Waals surface area contributed by atoms with Crippen molar-refractivity contribution in [2.24, 2.45) is 0 Å². The van der Waals surface area contributed by atoms with Gasteiger partial charge in [0.2, 0.25) is 11.8 Å². The fraction of sp³-hybridized carbons (Fsp3) is 0.364. The number of nitrogens with zero attached hydrogens (tertiary/aromatic N) is 1. The molecule has 2 rings (SSSR count). The molecule has 1 atom stereocenters. The highest BCUT2D eigenvalue weighted by molar-refractivity contribution is 7.99. The molecule has 7 heteroatoms. The number of rotatable bonds is 10. The SMILES string of the molecule is CCCNC(=O)[C@H](C)N(Cc1ccccc1)C(=O)CSCc1c(F)cccc1Cl. The number of thioether (sulfide) groups is 1. The fourth-order valence-corrected chi connectivity index (χ4v) is 4.00. The van der Waals surface area contributed by atoms with E-state index in [9.17, 15) is 14.0 Å². The highest BCUT2D eigenvalue weighted by Gasteiger charge is 2.25. The molecule has 0 unspecified atom stereocenters. The van der Waals surface area contributed by atoms with Gasteiger partial charge in [0.25, 0.3) is 0 Å². The van der Waals surface area contributed by atoms with Gasteiger partial charge in [-0.1, -0.05) is 54.9 Å². The van der Waals surface area contributed by atoms with Crippen molar-refractivity contribution < 1.29 is 14.0 Å². The molecule has 0 heterocycles. The summed E-state index contributed by atoms with van der Waals surface area (Å²) < 4.78 is 13.9. The number of halogens is 2. The molecule has 2 aromatic carbocycles. The monoisotopic (exact) mass is 436 g/mol. The Morgan fingerprint density at radius 2 is 1.90 bits per heavy atom. The van der Waals surface area contributed by atoms with Crippen LogP contribution in [0.5, 0.6) is 0 Å². The maximum absolute atomic E-state index is 13.9. The van der Waals surface area contributed by atoms with Crippen LogP contribution in [0.2, 0.25) is 5.02 Å². The van der Waals surface area contributed by atoms with Crippen molar-refractivity contribution in [3.05, 3.63) is 70.5 Å². The summed E-state index contributed by atoms with van der Waals surface area (Å²) in [5, 5.41) is 3.19. The predicted molar refractivity (Wildman–Crippen MR) is 117 cm³/mol. The lowest BCUT2D eigenvalue weighted by Crippen LogP contribution is -2.48. The number of benzene rings is 2. The molecule has 156 valence electrons. The molecule has 0 aliphatic heterocycles. The minimum atomic E-state index is -0.605. The van der Waals surface area contributed by atoms with Gasteiger partial charge in [0.05, 0.1) is 5.75 Å². The van der Waals surface area contributed by atoms with Gasteiger partial charge in [0, 0.05) is 29.4 Å². The topological polar surface area (TPSA) is 49.4 Å². The first-order chi connectivity index (χ1) is 13.9. The van der Waals surface area contributed by atoms with Crippen LogP contribution >= 0.6 is 23.4 Å². The molecular formula is C22H26ClFN2O2S. The molecule has 0 saturated heterocycles. The Balaban J connectivity index is 2.06. The molecule has 0 bridgehead atoms. The van der Waals surface area contributed by atoms with Crippen LogP contribution in [0.3, 0.4) is 0 Å². The maximum Gasteiger partial charge on any atom is 0.242 e. The Morgan fingerprint density at radius 1 is 1.17 bits per heavy atom. The van der Waals surface area contributed by atoms with Crippen molar-refractivity contribution in [1.82, 2.24) is 10.2 Å². The lowest BCUT2D eigenvalue weighted by Gasteiger charge is -2.28. The van der Waals surface area contributed by atoms with Crippen molar-refractivity contribution in [3.63, 3.8) is 0 Å². The Bertz CT molecular complexity index is 799. The summed E-state index contributed by atoms with van der Waals surface area (Å²) in [5.41, 5.74) is 1.33. The molecule has 29 heavy (non-hydrogen) atoms. The maximum atomic E-state index is 13.9. The van der Waals surface area contributed by atoms with Gasteiger partial charge in [-0.15, -0.1) is 11.8 Å². The molecule has 0 aliphatic carbocycles. The van der Waals surface area contributed by atoms with Crippen molar-refractivity contribution in [2.75, 3.05) is 12.3 Å². The van der Waals surface area contributed by atoms with Gasteiger partial charge < -0.3 is 10.2 Å². The first-order valence-corrected chi connectivity index (χ1v) is 11.1. The van der Waals surface area contributed by atoms with Crippen molar-refractivity contribution in [3.8, 4) is 0 Å². The molecule has 0 fully saturated rings. The second-order valence-electron chi connectivity index (χ2n) is 6.67. The second kappa shape index (κ2) is 11.8. The third-order valence-corrected chi connectivity index (χ3v) is 5.74. The molecule has 0 aromatic heterocycles. The summed E-state index contributed by atoms with van der Waals surface area (Å²) in [4.78, 5) is 26.9. The summed E-state index contributed by atoms with van der Waals surface area (Å²) in [6, 6.07) is 13.5. The number of carbonyl (C=O) groups excluding carboxylic acids is 2. The van der Waals surface area contributed by atoms with E-state index in [1.165, 1.54) is 17.8 Å². The number of amides is 2. The van der Waals surface area contributed by atoms with E-state index in [2.05, 4.69) is 5.32 Å². The first-order valence-electron chi connectivity index (χ1n) is 9.55. The normalized spacial score (nSPS) is 11.7. The predicted octanol–water partition coefficient (Wildman–Crippen LogP) is 4.66. The molecule has 0 spiro atoms. The van der Waals surface area contributed by atoms with E-state index in [1.54, 1.807) is 24.0 Å². The van der Waals surface area contributed by atoms with Crippen molar-refractivity contribution >= 4 is 35.2 Å². The van der Waals surface area contributed by atoms with E-state index in [4.69, 9.17) is 11.6 Å². The number of carbonyl (C=O) groups is 2. The second-order valence-corrected chi connectivity index (χ2v) is 8.06. The average molecular weight is 437 g/mol. The van der Waals surface area contributed by atoms with E-state index in [0.29, 0.717) is 23.7 Å². The largest absolute Gasteiger partial charge is 0.354 e. The lowest BCUT2D eigenvalue weighted by atomic mass is 10.1. The number of hydrogen-bond acceptors (Lipinski definition) is 3. The molecule has 0 aliphatic rings. The molecule has 0 saturated carbocycles. The van der Waals surface area contributed by atoms with Gasteiger partial charge in [-0.05, 0) is 31.0 Å². The van der Waals surface area contributed by atoms with Crippen LogP contribution in [0.15, 0.2) is 48.5 Å².